The maximum absolute atomic E-state index is 12.3. The number of hydrogen-bond donors (Lipinski definition) is 0. The zero-order valence-corrected chi connectivity index (χ0v) is 12.4. The van der Waals surface area contributed by atoms with E-state index in [0.717, 1.165) is 28.7 Å². The number of hydrogen-bond acceptors (Lipinski definition) is 2. The second-order valence-corrected chi connectivity index (χ2v) is 6.84. The van der Waals surface area contributed by atoms with Gasteiger partial charge in [0.1, 0.15) is 0 Å². The highest BCUT2D eigenvalue weighted by Gasteiger charge is 2.23. The second-order valence-electron chi connectivity index (χ2n) is 5.04. The van der Waals surface area contributed by atoms with Crippen molar-refractivity contribution in [3.63, 3.8) is 0 Å². The Hall–Kier alpha value is -0.740. The van der Waals surface area contributed by atoms with Crippen molar-refractivity contribution in [2.24, 2.45) is 5.92 Å². The third-order valence-corrected chi connectivity index (χ3v) is 4.49. The molecule has 5 heteroatoms. The Morgan fingerprint density at radius 2 is 2.39 bits per heavy atom. The van der Waals surface area contributed by atoms with Crippen LogP contribution in [0.3, 0.4) is 0 Å². The van der Waals surface area contributed by atoms with Crippen LogP contribution in [0.1, 0.15) is 24.6 Å². The molecule has 1 saturated heterocycles. The molecule has 2 heterocycles. The summed E-state index contributed by atoms with van der Waals surface area (Å²) in [6, 6.07) is 3.99. The Morgan fingerprint density at radius 3 is 3.00 bits per heavy atom. The average molecular weight is 287 g/mol. The summed E-state index contributed by atoms with van der Waals surface area (Å²) in [5, 5.41) is 0. The highest BCUT2D eigenvalue weighted by Crippen LogP contribution is 2.23. The van der Waals surface area contributed by atoms with Crippen molar-refractivity contribution in [3.05, 3.63) is 21.3 Å². The maximum atomic E-state index is 12.3. The molecule has 2 rings (SSSR count). The minimum atomic E-state index is 0.131. The van der Waals surface area contributed by atoms with Crippen LogP contribution >= 0.6 is 22.9 Å². The monoisotopic (exact) mass is 286 g/mol. The van der Waals surface area contributed by atoms with Gasteiger partial charge >= 0.3 is 6.03 Å². The van der Waals surface area contributed by atoms with Gasteiger partial charge in [-0.1, -0.05) is 18.5 Å². The summed E-state index contributed by atoms with van der Waals surface area (Å²) in [6.07, 6.45) is 2.35. The first-order chi connectivity index (χ1) is 8.56. The molecule has 18 heavy (non-hydrogen) atoms. The van der Waals surface area contributed by atoms with Gasteiger partial charge in [-0.15, -0.1) is 11.3 Å². The van der Waals surface area contributed by atoms with Crippen molar-refractivity contribution in [1.82, 2.24) is 9.80 Å². The fourth-order valence-corrected chi connectivity index (χ4v) is 3.48. The van der Waals surface area contributed by atoms with Gasteiger partial charge in [-0.2, -0.15) is 0 Å². The number of nitrogens with zero attached hydrogens (tertiary/aromatic N) is 2. The van der Waals surface area contributed by atoms with Crippen LogP contribution in [0.4, 0.5) is 4.79 Å². The molecule has 1 fully saturated rings. The lowest BCUT2D eigenvalue weighted by Gasteiger charge is -2.33. The Morgan fingerprint density at radius 1 is 1.61 bits per heavy atom. The van der Waals surface area contributed by atoms with E-state index in [-0.39, 0.29) is 6.03 Å². The van der Waals surface area contributed by atoms with E-state index in [9.17, 15) is 4.79 Å². The lowest BCUT2D eigenvalue weighted by Crippen LogP contribution is -2.45. The van der Waals surface area contributed by atoms with Crippen LogP contribution in [-0.4, -0.2) is 36.0 Å². The van der Waals surface area contributed by atoms with Crippen LogP contribution in [0, 0.1) is 5.92 Å². The zero-order chi connectivity index (χ0) is 13.1. The van der Waals surface area contributed by atoms with Crippen molar-refractivity contribution < 1.29 is 4.79 Å². The molecule has 0 aliphatic carbocycles. The van der Waals surface area contributed by atoms with Crippen LogP contribution in [0.25, 0.3) is 0 Å². The van der Waals surface area contributed by atoms with E-state index in [1.807, 2.05) is 24.1 Å². The highest BCUT2D eigenvalue weighted by atomic mass is 35.5. The van der Waals surface area contributed by atoms with Gasteiger partial charge in [0.25, 0.3) is 0 Å². The fourth-order valence-electron chi connectivity index (χ4n) is 2.34. The van der Waals surface area contributed by atoms with Crippen molar-refractivity contribution in [2.45, 2.75) is 26.3 Å². The summed E-state index contributed by atoms with van der Waals surface area (Å²) in [5.41, 5.74) is 0. The van der Waals surface area contributed by atoms with E-state index in [1.54, 1.807) is 4.90 Å². The third-order valence-electron chi connectivity index (χ3n) is 3.28. The summed E-state index contributed by atoms with van der Waals surface area (Å²) >= 11 is 7.43. The molecule has 3 nitrogen and oxygen atoms in total. The van der Waals surface area contributed by atoms with Crippen LogP contribution in [0.15, 0.2) is 12.1 Å². The molecule has 2 amide bonds. The number of piperidine rings is 1. The molecular formula is C13H19ClN2OS. The van der Waals surface area contributed by atoms with Crippen LogP contribution in [-0.2, 0) is 6.54 Å². The van der Waals surface area contributed by atoms with E-state index in [0.29, 0.717) is 12.5 Å². The van der Waals surface area contributed by atoms with Crippen LogP contribution < -0.4 is 0 Å². The summed E-state index contributed by atoms with van der Waals surface area (Å²) in [4.78, 5) is 17.1. The SMILES string of the molecule is CC1CCCN(C(=O)N(C)Cc2ccc(Cl)s2)C1. The third kappa shape index (κ3) is 3.39. The Balaban J connectivity index is 1.91. The van der Waals surface area contributed by atoms with Gasteiger partial charge in [0.15, 0.2) is 0 Å². The summed E-state index contributed by atoms with van der Waals surface area (Å²) in [7, 11) is 1.86. The number of thiophene rings is 1. The zero-order valence-electron chi connectivity index (χ0n) is 10.9. The van der Waals surface area contributed by atoms with Gasteiger partial charge < -0.3 is 9.80 Å². The molecule has 0 radical (unpaired) electrons. The molecular weight excluding hydrogens is 268 g/mol. The quantitative estimate of drug-likeness (QED) is 0.813. The minimum Gasteiger partial charge on any atom is -0.324 e. The molecule has 1 aromatic heterocycles. The van der Waals surface area contributed by atoms with Crippen molar-refractivity contribution in [2.75, 3.05) is 20.1 Å². The summed E-state index contributed by atoms with van der Waals surface area (Å²) in [5.74, 6) is 0.618. The molecule has 0 spiro atoms. The van der Waals surface area contributed by atoms with Crippen molar-refractivity contribution >= 4 is 29.0 Å². The molecule has 1 aliphatic rings. The van der Waals surface area contributed by atoms with E-state index >= 15 is 0 Å². The van der Waals surface area contributed by atoms with Crippen molar-refractivity contribution in [3.8, 4) is 0 Å². The predicted molar refractivity (Wildman–Crippen MR) is 76.2 cm³/mol. The van der Waals surface area contributed by atoms with Crippen LogP contribution in [0.2, 0.25) is 4.34 Å². The molecule has 1 aliphatic heterocycles. The standard InChI is InChI=1S/C13H19ClN2OS/c1-10-4-3-7-16(8-10)13(17)15(2)9-11-5-6-12(14)18-11/h5-6,10H,3-4,7-9H2,1-2H3. The first kappa shape index (κ1) is 13.7. The summed E-state index contributed by atoms with van der Waals surface area (Å²) in [6.45, 7) is 4.62. The smallest absolute Gasteiger partial charge is 0.320 e. The lowest BCUT2D eigenvalue weighted by atomic mass is 10.0. The van der Waals surface area contributed by atoms with E-state index in [2.05, 4.69) is 6.92 Å². The summed E-state index contributed by atoms with van der Waals surface area (Å²) < 4.78 is 0.775. The van der Waals surface area contributed by atoms with E-state index in [4.69, 9.17) is 11.6 Å². The number of carbonyl (C=O) groups is 1. The van der Waals surface area contributed by atoms with E-state index < -0.39 is 0 Å². The molecule has 0 saturated carbocycles. The number of rotatable bonds is 2. The number of carbonyl (C=O) groups excluding carboxylic acids is 1. The fraction of sp³-hybridized carbons (Fsp3) is 0.615. The normalized spacial score (nSPS) is 19.9. The number of urea groups is 1. The largest absolute Gasteiger partial charge is 0.324 e. The van der Waals surface area contributed by atoms with Crippen molar-refractivity contribution in [1.29, 1.82) is 0 Å². The van der Waals surface area contributed by atoms with E-state index in [1.165, 1.54) is 17.8 Å². The molecule has 100 valence electrons. The maximum Gasteiger partial charge on any atom is 0.320 e. The van der Waals surface area contributed by atoms with Gasteiger partial charge in [0.2, 0.25) is 0 Å². The topological polar surface area (TPSA) is 23.6 Å². The molecule has 1 aromatic rings. The number of amides is 2. The van der Waals surface area contributed by atoms with Crippen LogP contribution in [0.5, 0.6) is 0 Å². The first-order valence-electron chi connectivity index (χ1n) is 6.30. The Labute approximate surface area is 117 Å². The first-order valence-corrected chi connectivity index (χ1v) is 7.50. The second kappa shape index (κ2) is 5.93. The predicted octanol–water partition coefficient (Wildman–Crippen LogP) is 3.69. The van der Waals surface area contributed by atoms with Gasteiger partial charge in [-0.25, -0.2) is 4.79 Å². The highest BCUT2D eigenvalue weighted by molar-refractivity contribution is 7.16. The Bertz CT molecular complexity index is 421. The number of halogens is 1. The lowest BCUT2D eigenvalue weighted by molar-refractivity contribution is 0.138. The molecule has 0 bridgehead atoms. The average Bonchev–Trinajstić information content (AvgIpc) is 2.73. The molecule has 0 aromatic carbocycles. The molecule has 1 atom stereocenters. The molecule has 0 N–H and O–H groups in total. The van der Waals surface area contributed by atoms with Gasteiger partial charge in [-0.05, 0) is 30.9 Å². The minimum absolute atomic E-state index is 0.131. The van der Waals surface area contributed by atoms with Gasteiger partial charge in [0, 0.05) is 25.0 Å². The Kier molecular flexibility index (Phi) is 4.51. The number of likely N-dealkylation sites (tertiary alicyclic amines) is 1. The molecule has 1 unspecified atom stereocenters. The van der Waals surface area contributed by atoms with Gasteiger partial charge in [-0.3, -0.25) is 0 Å². The van der Waals surface area contributed by atoms with Gasteiger partial charge in [0.05, 0.1) is 10.9 Å².